The lowest BCUT2D eigenvalue weighted by Crippen LogP contribution is -2.43. The van der Waals surface area contributed by atoms with Crippen LogP contribution in [0.3, 0.4) is 0 Å². The van der Waals surface area contributed by atoms with Crippen LogP contribution in [0.5, 0.6) is 5.88 Å². The quantitative estimate of drug-likeness (QED) is 0.834. The van der Waals surface area contributed by atoms with E-state index in [9.17, 15) is 4.79 Å². The second kappa shape index (κ2) is 7.24. The van der Waals surface area contributed by atoms with E-state index in [-0.39, 0.29) is 5.91 Å². The standard InChI is InChI=1S/C15H24N2O3/c1-6-20-13-8-7-12(10-16-13)17-14(18)15(4,19-5)9-11(2)3/h7-8,10-11H,6,9H2,1-5H3,(H,17,18)/t15-/m0/s1. The molecule has 1 aromatic heterocycles. The van der Waals surface area contributed by atoms with Crippen LogP contribution in [-0.2, 0) is 9.53 Å². The van der Waals surface area contributed by atoms with Gasteiger partial charge in [-0.15, -0.1) is 0 Å². The summed E-state index contributed by atoms with van der Waals surface area (Å²) in [5.74, 6) is 0.742. The van der Waals surface area contributed by atoms with Crippen LogP contribution in [0.15, 0.2) is 18.3 Å². The third-order valence-corrected chi connectivity index (χ3v) is 3.02. The number of nitrogens with zero attached hydrogens (tertiary/aromatic N) is 1. The SMILES string of the molecule is CCOc1ccc(NC(=O)[C@](C)(CC(C)C)OC)cn1. The van der Waals surface area contributed by atoms with Crippen LogP contribution >= 0.6 is 0 Å². The predicted octanol–water partition coefficient (Wildman–Crippen LogP) is 2.87. The van der Waals surface area contributed by atoms with Crippen molar-refractivity contribution >= 4 is 11.6 Å². The van der Waals surface area contributed by atoms with Crippen molar-refractivity contribution in [3.8, 4) is 5.88 Å². The second-order valence-electron chi connectivity index (χ2n) is 5.31. The molecule has 0 aliphatic heterocycles. The first kappa shape index (κ1) is 16.4. The van der Waals surface area contributed by atoms with Crippen LogP contribution in [0.2, 0.25) is 0 Å². The average molecular weight is 280 g/mol. The van der Waals surface area contributed by atoms with E-state index in [0.717, 1.165) is 0 Å². The molecule has 1 heterocycles. The Hall–Kier alpha value is -1.62. The summed E-state index contributed by atoms with van der Waals surface area (Å²) in [5.41, 5.74) is -0.210. The molecular formula is C15H24N2O3. The molecule has 0 spiro atoms. The van der Waals surface area contributed by atoms with Crippen molar-refractivity contribution in [2.45, 2.75) is 39.7 Å². The highest BCUT2D eigenvalue weighted by Crippen LogP contribution is 2.22. The number of aromatic nitrogens is 1. The largest absolute Gasteiger partial charge is 0.478 e. The first-order valence-electron chi connectivity index (χ1n) is 6.86. The van der Waals surface area contributed by atoms with Crippen molar-refractivity contribution in [3.05, 3.63) is 18.3 Å². The smallest absolute Gasteiger partial charge is 0.256 e. The van der Waals surface area contributed by atoms with Crippen molar-refractivity contribution in [2.24, 2.45) is 5.92 Å². The Kier molecular flexibility index (Phi) is 5.95. The zero-order valence-corrected chi connectivity index (χ0v) is 12.9. The lowest BCUT2D eigenvalue weighted by atomic mass is 9.93. The topological polar surface area (TPSA) is 60.5 Å². The van der Waals surface area contributed by atoms with Crippen molar-refractivity contribution in [1.82, 2.24) is 4.98 Å². The van der Waals surface area contributed by atoms with E-state index in [2.05, 4.69) is 24.1 Å². The summed E-state index contributed by atoms with van der Waals surface area (Å²) < 4.78 is 10.6. The van der Waals surface area contributed by atoms with Gasteiger partial charge in [0, 0.05) is 13.2 Å². The van der Waals surface area contributed by atoms with E-state index in [1.54, 1.807) is 32.4 Å². The Morgan fingerprint density at radius 2 is 2.15 bits per heavy atom. The van der Waals surface area contributed by atoms with Crippen molar-refractivity contribution < 1.29 is 14.3 Å². The number of pyridine rings is 1. The van der Waals surface area contributed by atoms with E-state index >= 15 is 0 Å². The molecule has 5 nitrogen and oxygen atoms in total. The molecule has 0 unspecified atom stereocenters. The zero-order valence-electron chi connectivity index (χ0n) is 12.9. The van der Waals surface area contributed by atoms with Crippen molar-refractivity contribution in [3.63, 3.8) is 0 Å². The Morgan fingerprint density at radius 3 is 2.60 bits per heavy atom. The summed E-state index contributed by atoms with van der Waals surface area (Å²) in [6.07, 6.45) is 2.23. The Labute approximate surface area is 120 Å². The molecule has 5 heteroatoms. The normalized spacial score (nSPS) is 13.9. The molecule has 1 aromatic rings. The fraction of sp³-hybridized carbons (Fsp3) is 0.600. The monoisotopic (exact) mass is 280 g/mol. The number of ether oxygens (including phenoxy) is 2. The highest BCUT2D eigenvalue weighted by Gasteiger charge is 2.33. The molecule has 1 N–H and O–H groups in total. The third-order valence-electron chi connectivity index (χ3n) is 3.02. The molecule has 0 aliphatic rings. The summed E-state index contributed by atoms with van der Waals surface area (Å²) in [7, 11) is 1.55. The van der Waals surface area contributed by atoms with Crippen molar-refractivity contribution in [2.75, 3.05) is 19.0 Å². The molecule has 0 saturated heterocycles. The maximum atomic E-state index is 12.3. The molecule has 112 valence electrons. The minimum atomic E-state index is -0.841. The van der Waals surface area contributed by atoms with Gasteiger partial charge in [-0.2, -0.15) is 0 Å². The van der Waals surface area contributed by atoms with Gasteiger partial charge >= 0.3 is 0 Å². The molecule has 1 rings (SSSR count). The van der Waals surface area contributed by atoms with E-state index in [1.807, 2.05) is 6.92 Å². The van der Waals surface area contributed by atoms with Crippen LogP contribution in [0.4, 0.5) is 5.69 Å². The van der Waals surface area contributed by atoms with Crippen molar-refractivity contribution in [1.29, 1.82) is 0 Å². The van der Waals surface area contributed by atoms with Crippen LogP contribution in [-0.4, -0.2) is 30.2 Å². The van der Waals surface area contributed by atoms with Gasteiger partial charge in [0.2, 0.25) is 5.88 Å². The number of methoxy groups -OCH3 is 1. The Bertz CT molecular complexity index is 431. The molecule has 0 radical (unpaired) electrons. The summed E-state index contributed by atoms with van der Waals surface area (Å²) in [6.45, 7) is 8.37. The number of rotatable bonds is 7. The summed E-state index contributed by atoms with van der Waals surface area (Å²) in [4.78, 5) is 16.4. The number of anilines is 1. The van der Waals surface area contributed by atoms with E-state index in [4.69, 9.17) is 9.47 Å². The fourth-order valence-electron chi connectivity index (χ4n) is 2.00. The molecule has 0 fully saturated rings. The van der Waals surface area contributed by atoms with E-state index < -0.39 is 5.60 Å². The first-order chi connectivity index (χ1) is 9.41. The van der Waals surface area contributed by atoms with Gasteiger partial charge in [-0.1, -0.05) is 13.8 Å². The number of carbonyl (C=O) groups is 1. The summed E-state index contributed by atoms with van der Waals surface area (Å²) in [5, 5.41) is 2.83. The molecule has 0 aliphatic carbocycles. The number of carbonyl (C=O) groups excluding carboxylic acids is 1. The van der Waals surface area contributed by atoms with Crippen LogP contribution in [0.1, 0.15) is 34.1 Å². The average Bonchev–Trinajstić information content (AvgIpc) is 2.40. The Balaban J connectivity index is 2.73. The fourth-order valence-corrected chi connectivity index (χ4v) is 2.00. The van der Waals surface area contributed by atoms with Gasteiger partial charge in [0.15, 0.2) is 0 Å². The molecule has 20 heavy (non-hydrogen) atoms. The highest BCUT2D eigenvalue weighted by molar-refractivity contribution is 5.96. The maximum Gasteiger partial charge on any atom is 0.256 e. The number of nitrogens with one attached hydrogen (secondary N) is 1. The Morgan fingerprint density at radius 1 is 1.45 bits per heavy atom. The van der Waals surface area contributed by atoms with E-state index in [0.29, 0.717) is 30.5 Å². The van der Waals surface area contributed by atoms with Crippen LogP contribution in [0, 0.1) is 5.92 Å². The predicted molar refractivity (Wildman–Crippen MR) is 78.9 cm³/mol. The van der Waals surface area contributed by atoms with E-state index in [1.165, 1.54) is 0 Å². The lowest BCUT2D eigenvalue weighted by Gasteiger charge is -2.28. The summed E-state index contributed by atoms with van der Waals surface area (Å²) in [6, 6.07) is 3.49. The van der Waals surface area contributed by atoms with Gasteiger partial charge < -0.3 is 14.8 Å². The minimum absolute atomic E-state index is 0.167. The number of hydrogen-bond acceptors (Lipinski definition) is 4. The van der Waals surface area contributed by atoms with Gasteiger partial charge in [-0.05, 0) is 32.3 Å². The van der Waals surface area contributed by atoms with Gasteiger partial charge in [0.1, 0.15) is 5.60 Å². The molecule has 1 atom stereocenters. The van der Waals surface area contributed by atoms with Gasteiger partial charge in [-0.3, -0.25) is 4.79 Å². The van der Waals surface area contributed by atoms with Gasteiger partial charge in [0.05, 0.1) is 18.5 Å². The third kappa shape index (κ3) is 4.49. The molecule has 1 amide bonds. The second-order valence-corrected chi connectivity index (χ2v) is 5.31. The lowest BCUT2D eigenvalue weighted by molar-refractivity contribution is -0.137. The van der Waals surface area contributed by atoms with Crippen LogP contribution in [0.25, 0.3) is 0 Å². The molecular weight excluding hydrogens is 256 g/mol. The molecule has 0 bridgehead atoms. The van der Waals surface area contributed by atoms with Gasteiger partial charge in [-0.25, -0.2) is 4.98 Å². The minimum Gasteiger partial charge on any atom is -0.478 e. The number of amides is 1. The molecule has 0 aromatic carbocycles. The van der Waals surface area contributed by atoms with Crippen LogP contribution < -0.4 is 10.1 Å². The first-order valence-corrected chi connectivity index (χ1v) is 6.86. The number of hydrogen-bond donors (Lipinski definition) is 1. The molecule has 0 saturated carbocycles. The zero-order chi connectivity index (χ0) is 15.2. The maximum absolute atomic E-state index is 12.3. The van der Waals surface area contributed by atoms with Gasteiger partial charge in [0.25, 0.3) is 5.91 Å². The summed E-state index contributed by atoms with van der Waals surface area (Å²) >= 11 is 0. The highest BCUT2D eigenvalue weighted by atomic mass is 16.5.